The van der Waals surface area contributed by atoms with E-state index in [9.17, 15) is 14.5 Å². The molecule has 5 nitrogen and oxygen atoms in total. The molecule has 0 saturated carbocycles. The van der Waals surface area contributed by atoms with Gasteiger partial charge in [-0.3, -0.25) is 0 Å². The highest BCUT2D eigenvalue weighted by Crippen LogP contribution is 2.36. The van der Waals surface area contributed by atoms with Crippen LogP contribution < -0.4 is 4.74 Å². The summed E-state index contributed by atoms with van der Waals surface area (Å²) in [6.45, 7) is -3.22. The fourth-order valence-electron chi connectivity index (χ4n) is 1.50. The Morgan fingerprint density at radius 3 is 2.95 bits per heavy atom. The van der Waals surface area contributed by atoms with Crippen molar-refractivity contribution in [2.24, 2.45) is 0 Å². The van der Waals surface area contributed by atoms with Crippen LogP contribution in [0.5, 0.6) is 5.75 Å². The first-order valence-corrected chi connectivity index (χ1v) is 6.17. The first-order chi connectivity index (χ1) is 11.5. The molecule has 0 radical (unpaired) electrons. The summed E-state index contributed by atoms with van der Waals surface area (Å²) in [5.41, 5.74) is -0.672. The monoisotopic (exact) mass is 334 g/mol. The minimum atomic E-state index is -3.22. The smallest absolute Gasteiger partial charge is 0.406 e. The van der Waals surface area contributed by atoms with Gasteiger partial charge in [-0.15, -0.1) is 0 Å². The number of ether oxygens (including phenoxy) is 1. The molecule has 0 amide bonds. The lowest BCUT2D eigenvalue weighted by atomic mass is 10.1. The van der Waals surface area contributed by atoms with Crippen LogP contribution in [0.3, 0.4) is 0 Å². The molecule has 0 bridgehead atoms. The first-order valence-electron chi connectivity index (χ1n) is 7.41. The van der Waals surface area contributed by atoms with Gasteiger partial charge in [0.25, 0.3) is 0 Å². The number of hydrogen-bond donors (Lipinski definition) is 0. The number of rotatable bonds is 4. The zero-order valence-electron chi connectivity index (χ0n) is 14.1. The lowest BCUT2D eigenvalue weighted by Gasteiger charge is -2.17. The van der Waals surface area contributed by atoms with Crippen molar-refractivity contribution < 1.29 is 19.5 Å². The highest BCUT2D eigenvalue weighted by Gasteiger charge is 2.23. The standard InChI is InChI=1S/C13H9Cl2FN2O3/c1-7(11-8(14)4-5-9(16)12(11)15)21-10-3-2-6-17-13(10)18(19)20/h2-7H,1H3/t7-/m1/s1/i1D3,7D. The predicted molar refractivity (Wildman–Crippen MR) is 76.4 cm³/mol. The van der Waals surface area contributed by atoms with Crippen LogP contribution in [0.15, 0.2) is 30.5 Å². The third kappa shape index (κ3) is 3.22. The van der Waals surface area contributed by atoms with Gasteiger partial charge < -0.3 is 14.9 Å². The normalized spacial score (nSPS) is 16.9. The van der Waals surface area contributed by atoms with E-state index in [1.165, 1.54) is 6.07 Å². The average Bonchev–Trinajstić information content (AvgIpc) is 2.50. The SMILES string of the molecule is [2H]C([2H])([2H])[C@@]([2H])(Oc1cccnc1[N+](=O)[O-])c1c(Cl)ccc(F)c1Cl. The van der Waals surface area contributed by atoms with E-state index >= 15 is 0 Å². The Bertz CT molecular complexity index is 837. The van der Waals surface area contributed by atoms with Crippen LogP contribution in [0.1, 0.15) is 24.0 Å². The van der Waals surface area contributed by atoms with Gasteiger partial charge in [-0.05, 0) is 41.0 Å². The van der Waals surface area contributed by atoms with Crippen LogP contribution in [0.4, 0.5) is 10.2 Å². The fourth-order valence-corrected chi connectivity index (χ4v) is 2.04. The van der Waals surface area contributed by atoms with Gasteiger partial charge in [-0.2, -0.15) is 0 Å². The molecular formula is C13H9Cl2FN2O3. The maximum absolute atomic E-state index is 13.8. The van der Waals surface area contributed by atoms with Gasteiger partial charge in [0, 0.05) is 14.7 Å². The van der Waals surface area contributed by atoms with Gasteiger partial charge >= 0.3 is 5.82 Å². The Hall–Kier alpha value is -1.92. The summed E-state index contributed by atoms with van der Waals surface area (Å²) in [7, 11) is 0. The Balaban J connectivity index is 2.71. The second-order valence-electron chi connectivity index (χ2n) is 3.73. The van der Waals surface area contributed by atoms with Crippen molar-refractivity contribution in [1.82, 2.24) is 4.98 Å². The molecule has 21 heavy (non-hydrogen) atoms. The molecule has 1 aromatic carbocycles. The Morgan fingerprint density at radius 2 is 2.29 bits per heavy atom. The lowest BCUT2D eigenvalue weighted by Crippen LogP contribution is -2.07. The molecule has 1 heterocycles. The lowest BCUT2D eigenvalue weighted by molar-refractivity contribution is -0.390. The molecule has 0 aliphatic carbocycles. The highest BCUT2D eigenvalue weighted by molar-refractivity contribution is 6.36. The Labute approximate surface area is 135 Å². The fraction of sp³-hybridized carbons (Fsp3) is 0.154. The van der Waals surface area contributed by atoms with E-state index in [0.29, 0.717) is 0 Å². The summed E-state index contributed by atoms with van der Waals surface area (Å²) >= 11 is 11.7. The quantitative estimate of drug-likeness (QED) is 0.466. The van der Waals surface area contributed by atoms with Crippen molar-refractivity contribution in [1.29, 1.82) is 0 Å². The number of pyridine rings is 1. The number of aromatic nitrogens is 1. The Kier molecular flexibility index (Phi) is 3.19. The average molecular weight is 335 g/mol. The van der Waals surface area contributed by atoms with Gasteiger partial charge in [-0.1, -0.05) is 23.2 Å². The molecule has 2 rings (SSSR count). The van der Waals surface area contributed by atoms with Crippen LogP contribution >= 0.6 is 23.2 Å². The molecule has 0 aliphatic rings. The molecule has 8 heteroatoms. The summed E-state index contributed by atoms with van der Waals surface area (Å²) in [5, 5.41) is 9.96. The summed E-state index contributed by atoms with van der Waals surface area (Å²) in [6.07, 6.45) is -1.93. The largest absolute Gasteiger partial charge is 0.478 e. The topological polar surface area (TPSA) is 65.3 Å². The molecule has 0 fully saturated rings. The van der Waals surface area contributed by atoms with E-state index in [4.69, 9.17) is 33.4 Å². The van der Waals surface area contributed by atoms with Crippen LogP contribution in [0.25, 0.3) is 0 Å². The van der Waals surface area contributed by atoms with E-state index in [2.05, 4.69) is 4.98 Å². The highest BCUT2D eigenvalue weighted by atomic mass is 35.5. The number of halogens is 3. The van der Waals surface area contributed by atoms with Crippen molar-refractivity contribution in [3.05, 3.63) is 62.0 Å². The van der Waals surface area contributed by atoms with Crippen LogP contribution in [-0.2, 0) is 0 Å². The molecule has 0 unspecified atom stereocenters. The summed E-state index contributed by atoms with van der Waals surface area (Å²) in [5.74, 6) is -2.44. The van der Waals surface area contributed by atoms with Crippen molar-refractivity contribution in [2.75, 3.05) is 0 Å². The van der Waals surface area contributed by atoms with E-state index in [-0.39, 0.29) is 5.02 Å². The molecule has 1 atom stereocenters. The maximum Gasteiger partial charge on any atom is 0.406 e. The summed E-state index contributed by atoms with van der Waals surface area (Å²) in [4.78, 5) is 13.6. The third-order valence-electron chi connectivity index (χ3n) is 2.41. The molecular weight excluding hydrogens is 322 g/mol. The molecule has 0 spiro atoms. The van der Waals surface area contributed by atoms with Gasteiger partial charge in [0.05, 0.1) is 6.39 Å². The van der Waals surface area contributed by atoms with Crippen LogP contribution in [0.2, 0.25) is 10.0 Å². The second kappa shape index (κ2) is 6.24. The van der Waals surface area contributed by atoms with E-state index < -0.39 is 45.8 Å². The second-order valence-corrected chi connectivity index (χ2v) is 4.52. The van der Waals surface area contributed by atoms with Gasteiger partial charge in [0.2, 0.25) is 5.75 Å². The summed E-state index contributed by atoms with van der Waals surface area (Å²) in [6, 6.07) is 4.20. The maximum atomic E-state index is 13.8. The minimum absolute atomic E-state index is 0.343. The van der Waals surface area contributed by atoms with E-state index in [1.54, 1.807) is 0 Å². The summed E-state index contributed by atoms with van der Waals surface area (Å²) < 4.78 is 50.0. The number of benzene rings is 1. The predicted octanol–water partition coefficient (Wildman–Crippen LogP) is 4.58. The number of nitro groups is 1. The molecule has 0 N–H and O–H groups in total. The van der Waals surface area contributed by atoms with Crippen molar-refractivity contribution in [2.45, 2.75) is 12.9 Å². The van der Waals surface area contributed by atoms with Gasteiger partial charge in [0.1, 0.15) is 18.1 Å². The molecule has 1 aromatic heterocycles. The van der Waals surface area contributed by atoms with Gasteiger partial charge in [-0.25, -0.2) is 4.39 Å². The number of nitrogens with zero attached hydrogens (tertiary/aromatic N) is 2. The number of hydrogen-bond acceptors (Lipinski definition) is 4. The van der Waals surface area contributed by atoms with Crippen molar-refractivity contribution in [3.8, 4) is 5.75 Å². The zero-order valence-corrected chi connectivity index (χ0v) is 11.7. The zero-order chi connectivity index (χ0) is 19.0. The minimum Gasteiger partial charge on any atom is -0.478 e. The Morgan fingerprint density at radius 1 is 1.52 bits per heavy atom. The van der Waals surface area contributed by atoms with Gasteiger partial charge in [0.15, 0.2) is 0 Å². The molecule has 2 aromatic rings. The van der Waals surface area contributed by atoms with Crippen LogP contribution in [0, 0.1) is 15.9 Å². The van der Waals surface area contributed by atoms with Crippen molar-refractivity contribution in [3.63, 3.8) is 0 Å². The molecule has 0 saturated heterocycles. The first kappa shape index (κ1) is 10.8. The third-order valence-corrected chi connectivity index (χ3v) is 3.09. The molecule has 110 valence electrons. The van der Waals surface area contributed by atoms with E-state index in [0.717, 1.165) is 24.4 Å². The molecule has 0 aliphatic heterocycles. The van der Waals surface area contributed by atoms with Crippen molar-refractivity contribution >= 4 is 29.0 Å². The van der Waals surface area contributed by atoms with E-state index in [1.807, 2.05) is 0 Å². The van der Waals surface area contributed by atoms with Crippen LogP contribution in [-0.4, -0.2) is 9.91 Å².